The molecule has 2 N–H and O–H groups in total. The van der Waals surface area contributed by atoms with E-state index in [1.807, 2.05) is 18.2 Å². The molecule has 19 heavy (non-hydrogen) atoms. The van der Waals surface area contributed by atoms with Crippen LogP contribution >= 0.6 is 0 Å². The van der Waals surface area contributed by atoms with Crippen molar-refractivity contribution < 1.29 is 4.79 Å². The van der Waals surface area contributed by atoms with Gasteiger partial charge in [-0.2, -0.15) is 4.98 Å². The number of nitrogens with zero attached hydrogens (tertiary/aromatic N) is 4. The molecule has 0 saturated carbocycles. The van der Waals surface area contributed by atoms with E-state index in [9.17, 15) is 4.79 Å². The number of para-hydroxylation sites is 2. The van der Waals surface area contributed by atoms with Crippen LogP contribution in [-0.4, -0.2) is 31.1 Å². The Hall–Kier alpha value is -2.83. The van der Waals surface area contributed by atoms with Gasteiger partial charge < -0.3 is 0 Å². The molecule has 2 aromatic heterocycles. The minimum Gasteiger partial charge on any atom is -0.288 e. The van der Waals surface area contributed by atoms with Crippen LogP contribution in [0.5, 0.6) is 0 Å². The molecule has 0 spiro atoms. The number of aromatic nitrogens is 5. The molecule has 3 aromatic rings. The number of aromatic amines is 1. The van der Waals surface area contributed by atoms with E-state index < -0.39 is 5.91 Å². The van der Waals surface area contributed by atoms with E-state index in [2.05, 4.69) is 30.5 Å². The minimum absolute atomic E-state index is 0.220. The topological polar surface area (TPSA) is 96.5 Å². The molecular formula is C12H10N6O. The van der Waals surface area contributed by atoms with Crippen LogP contribution in [0.25, 0.3) is 11.0 Å². The minimum atomic E-state index is -0.391. The van der Waals surface area contributed by atoms with Crippen LogP contribution in [0.2, 0.25) is 0 Å². The third kappa shape index (κ3) is 2.25. The van der Waals surface area contributed by atoms with Crippen LogP contribution in [0.4, 0.5) is 5.95 Å². The average molecular weight is 254 g/mol. The van der Waals surface area contributed by atoms with Crippen molar-refractivity contribution in [3.05, 3.63) is 42.0 Å². The zero-order chi connectivity index (χ0) is 13.2. The smallest absolute Gasteiger partial charge is 0.278 e. The number of hydrogen-bond acceptors (Lipinski definition) is 5. The average Bonchev–Trinajstić information content (AvgIpc) is 2.83. The highest BCUT2D eigenvalue weighted by Gasteiger charge is 2.11. The molecule has 0 atom stereocenters. The molecule has 1 aromatic carbocycles. The summed E-state index contributed by atoms with van der Waals surface area (Å²) in [4.78, 5) is 24.4. The fraction of sp³-hybridized carbons (Fsp3) is 0.0833. The summed E-state index contributed by atoms with van der Waals surface area (Å²) in [7, 11) is 0. The van der Waals surface area contributed by atoms with Crippen molar-refractivity contribution in [2.45, 2.75) is 6.92 Å². The zero-order valence-electron chi connectivity index (χ0n) is 10.1. The number of nitrogens with one attached hydrogen (secondary N) is 2. The van der Waals surface area contributed by atoms with Crippen LogP contribution in [0.15, 0.2) is 30.5 Å². The predicted molar refractivity (Wildman–Crippen MR) is 68.6 cm³/mol. The summed E-state index contributed by atoms with van der Waals surface area (Å²) in [5.74, 6) is 0.453. The number of amides is 1. The standard InChI is InChI=1S/C12H10N6O/c1-7-14-12(18-17-7)16-11(19)10-6-13-8-4-2-3-5-9(8)15-10/h2-6H,1H3,(H2,14,16,17,18,19). The normalized spacial score (nSPS) is 10.6. The van der Waals surface area contributed by atoms with Crippen molar-refractivity contribution in [1.82, 2.24) is 25.1 Å². The van der Waals surface area contributed by atoms with Gasteiger partial charge in [0.25, 0.3) is 5.91 Å². The summed E-state index contributed by atoms with van der Waals surface area (Å²) < 4.78 is 0. The molecule has 0 saturated heterocycles. The summed E-state index contributed by atoms with van der Waals surface area (Å²) >= 11 is 0. The number of rotatable bonds is 2. The van der Waals surface area contributed by atoms with E-state index in [0.29, 0.717) is 11.3 Å². The van der Waals surface area contributed by atoms with E-state index >= 15 is 0 Å². The van der Waals surface area contributed by atoms with Gasteiger partial charge in [0.2, 0.25) is 5.95 Å². The second-order valence-corrected chi connectivity index (χ2v) is 3.94. The van der Waals surface area contributed by atoms with E-state index in [1.54, 1.807) is 13.0 Å². The van der Waals surface area contributed by atoms with Crippen LogP contribution in [0.1, 0.15) is 16.3 Å². The SMILES string of the molecule is Cc1nc(NC(=O)c2cnc3ccccc3n2)n[nH]1. The van der Waals surface area contributed by atoms with E-state index in [-0.39, 0.29) is 11.6 Å². The summed E-state index contributed by atoms with van der Waals surface area (Å²) in [6.45, 7) is 1.75. The first-order chi connectivity index (χ1) is 9.22. The molecule has 94 valence electrons. The predicted octanol–water partition coefficient (Wildman–Crippen LogP) is 1.31. The van der Waals surface area contributed by atoms with Crippen molar-refractivity contribution in [3.8, 4) is 0 Å². The van der Waals surface area contributed by atoms with Gasteiger partial charge in [-0.3, -0.25) is 20.2 Å². The Labute approximate surface area is 108 Å². The molecule has 0 aliphatic carbocycles. The highest BCUT2D eigenvalue weighted by Crippen LogP contribution is 2.09. The van der Waals surface area contributed by atoms with Crippen LogP contribution < -0.4 is 5.32 Å². The number of hydrogen-bond donors (Lipinski definition) is 2. The maximum Gasteiger partial charge on any atom is 0.278 e. The third-order valence-corrected chi connectivity index (χ3v) is 2.50. The number of aryl methyl sites for hydroxylation is 1. The second kappa shape index (κ2) is 4.45. The van der Waals surface area contributed by atoms with Crippen LogP contribution in [0.3, 0.4) is 0 Å². The van der Waals surface area contributed by atoms with Crippen molar-refractivity contribution in [2.24, 2.45) is 0 Å². The van der Waals surface area contributed by atoms with E-state index in [0.717, 1.165) is 5.52 Å². The van der Waals surface area contributed by atoms with Gasteiger partial charge in [-0.1, -0.05) is 12.1 Å². The summed E-state index contributed by atoms with van der Waals surface area (Å²) in [5, 5.41) is 9.02. The number of H-pyrrole nitrogens is 1. The summed E-state index contributed by atoms with van der Waals surface area (Å²) in [6, 6.07) is 7.35. The molecule has 7 nitrogen and oxygen atoms in total. The van der Waals surface area contributed by atoms with Crippen molar-refractivity contribution in [2.75, 3.05) is 5.32 Å². The fourth-order valence-electron chi connectivity index (χ4n) is 1.63. The molecule has 0 unspecified atom stereocenters. The first-order valence-corrected chi connectivity index (χ1v) is 5.64. The largest absolute Gasteiger partial charge is 0.288 e. The molecule has 2 heterocycles. The molecule has 7 heteroatoms. The van der Waals surface area contributed by atoms with Gasteiger partial charge in [-0.15, -0.1) is 5.10 Å². The number of benzene rings is 1. The Kier molecular flexibility index (Phi) is 2.64. The molecule has 0 aliphatic rings. The molecular weight excluding hydrogens is 244 g/mol. The quantitative estimate of drug-likeness (QED) is 0.718. The van der Waals surface area contributed by atoms with Gasteiger partial charge in [0, 0.05) is 0 Å². The Morgan fingerprint density at radius 2 is 2.00 bits per heavy atom. The lowest BCUT2D eigenvalue weighted by Gasteiger charge is -2.01. The number of carbonyl (C=O) groups is 1. The highest BCUT2D eigenvalue weighted by molar-refractivity contribution is 6.02. The molecule has 0 fully saturated rings. The Morgan fingerprint density at radius 3 is 2.74 bits per heavy atom. The molecule has 0 radical (unpaired) electrons. The van der Waals surface area contributed by atoms with E-state index in [4.69, 9.17) is 0 Å². The van der Waals surface area contributed by atoms with E-state index in [1.165, 1.54) is 6.20 Å². The molecule has 3 rings (SSSR count). The zero-order valence-corrected chi connectivity index (χ0v) is 10.1. The fourth-order valence-corrected chi connectivity index (χ4v) is 1.63. The highest BCUT2D eigenvalue weighted by atomic mass is 16.2. The lowest BCUT2D eigenvalue weighted by Crippen LogP contribution is -2.15. The molecule has 1 amide bonds. The number of fused-ring (bicyclic) bond motifs is 1. The molecule has 0 bridgehead atoms. The van der Waals surface area contributed by atoms with Crippen molar-refractivity contribution >= 4 is 22.9 Å². The first-order valence-electron chi connectivity index (χ1n) is 5.64. The number of anilines is 1. The monoisotopic (exact) mass is 254 g/mol. The lowest BCUT2D eigenvalue weighted by molar-refractivity contribution is 0.102. The van der Waals surface area contributed by atoms with Crippen molar-refractivity contribution in [3.63, 3.8) is 0 Å². The Morgan fingerprint density at radius 1 is 1.21 bits per heavy atom. The third-order valence-electron chi connectivity index (χ3n) is 2.50. The molecule has 0 aliphatic heterocycles. The van der Waals surface area contributed by atoms with Gasteiger partial charge in [-0.25, -0.2) is 4.98 Å². The van der Waals surface area contributed by atoms with Gasteiger partial charge in [0.15, 0.2) is 0 Å². The lowest BCUT2D eigenvalue weighted by atomic mass is 10.3. The summed E-state index contributed by atoms with van der Waals surface area (Å²) in [6.07, 6.45) is 1.43. The number of carbonyl (C=O) groups excluding carboxylic acids is 1. The van der Waals surface area contributed by atoms with Gasteiger partial charge in [0.1, 0.15) is 11.5 Å². The van der Waals surface area contributed by atoms with Crippen LogP contribution in [0, 0.1) is 6.92 Å². The second-order valence-electron chi connectivity index (χ2n) is 3.94. The summed E-state index contributed by atoms with van der Waals surface area (Å²) in [5.41, 5.74) is 1.63. The first kappa shape index (κ1) is 11.3. The van der Waals surface area contributed by atoms with Gasteiger partial charge in [0.05, 0.1) is 17.2 Å². The maximum atomic E-state index is 12.0. The van der Waals surface area contributed by atoms with Gasteiger partial charge in [-0.05, 0) is 19.1 Å². The Balaban J connectivity index is 1.89. The Bertz CT molecular complexity index is 751. The van der Waals surface area contributed by atoms with Crippen molar-refractivity contribution in [1.29, 1.82) is 0 Å². The van der Waals surface area contributed by atoms with Crippen LogP contribution in [-0.2, 0) is 0 Å². The maximum absolute atomic E-state index is 12.0. The van der Waals surface area contributed by atoms with Gasteiger partial charge >= 0.3 is 0 Å².